The predicted octanol–water partition coefficient (Wildman–Crippen LogP) is 3.51. The van der Waals surface area contributed by atoms with Crippen molar-refractivity contribution in [2.75, 3.05) is 7.05 Å². The summed E-state index contributed by atoms with van der Waals surface area (Å²) < 4.78 is 2.13. The van der Waals surface area contributed by atoms with Gasteiger partial charge >= 0.3 is 0 Å². The van der Waals surface area contributed by atoms with Crippen LogP contribution in [0.1, 0.15) is 18.9 Å². The number of carbonyl (C=O) groups is 1. The molecular formula is C19H20N4OS. The smallest absolute Gasteiger partial charge is 0.231 e. The lowest BCUT2D eigenvalue weighted by Gasteiger charge is -2.39. The topological polar surface area (TPSA) is 61.1 Å². The molecule has 1 amide bonds. The van der Waals surface area contributed by atoms with Crippen molar-refractivity contribution in [3.05, 3.63) is 46.8 Å². The lowest BCUT2D eigenvalue weighted by Crippen LogP contribution is -2.58. The molecule has 1 atom stereocenters. The van der Waals surface area contributed by atoms with Gasteiger partial charge in [-0.3, -0.25) is 15.1 Å². The number of amides is 1. The zero-order valence-electron chi connectivity index (χ0n) is 14.5. The number of rotatable bonds is 2. The third kappa shape index (κ3) is 2.44. The van der Waals surface area contributed by atoms with E-state index in [0.29, 0.717) is 6.42 Å². The molecule has 5 nitrogen and oxygen atoms in total. The van der Waals surface area contributed by atoms with Crippen LogP contribution < -0.4 is 5.32 Å². The quantitative estimate of drug-likeness (QED) is 0.741. The van der Waals surface area contributed by atoms with Crippen molar-refractivity contribution in [3.8, 4) is 11.1 Å². The van der Waals surface area contributed by atoms with Crippen LogP contribution in [-0.2, 0) is 17.4 Å². The van der Waals surface area contributed by atoms with Gasteiger partial charge in [0.25, 0.3) is 0 Å². The fraction of sp³-hybridized carbons (Fsp3) is 0.263. The van der Waals surface area contributed by atoms with Crippen LogP contribution >= 0.6 is 11.3 Å². The van der Waals surface area contributed by atoms with Crippen molar-refractivity contribution in [1.29, 1.82) is 5.41 Å². The van der Waals surface area contributed by atoms with Crippen LogP contribution in [0.2, 0.25) is 0 Å². The molecule has 0 saturated carbocycles. The van der Waals surface area contributed by atoms with E-state index in [2.05, 4.69) is 51.1 Å². The Morgan fingerprint density at radius 3 is 2.76 bits per heavy atom. The van der Waals surface area contributed by atoms with Crippen LogP contribution in [0.5, 0.6) is 0 Å². The SMILES string of the molecule is CN1C(=N)N[C@](C)(c2ccc3c(c2)c(-c2ccsc2)cn3C)CC1=O. The molecule has 6 heteroatoms. The Morgan fingerprint density at radius 1 is 1.28 bits per heavy atom. The summed E-state index contributed by atoms with van der Waals surface area (Å²) in [6.45, 7) is 1.99. The summed E-state index contributed by atoms with van der Waals surface area (Å²) in [5.41, 5.74) is 4.00. The number of aromatic nitrogens is 1. The summed E-state index contributed by atoms with van der Waals surface area (Å²) in [6.07, 6.45) is 2.48. The Balaban J connectivity index is 1.85. The molecule has 4 rings (SSSR count). The highest BCUT2D eigenvalue weighted by Gasteiger charge is 2.38. The van der Waals surface area contributed by atoms with Gasteiger partial charge in [0.15, 0.2) is 5.96 Å². The molecule has 2 N–H and O–H groups in total. The number of nitrogens with one attached hydrogen (secondary N) is 2. The van der Waals surface area contributed by atoms with Gasteiger partial charge < -0.3 is 9.88 Å². The van der Waals surface area contributed by atoms with E-state index in [-0.39, 0.29) is 11.9 Å². The van der Waals surface area contributed by atoms with Gasteiger partial charge in [-0.25, -0.2) is 0 Å². The van der Waals surface area contributed by atoms with Gasteiger partial charge in [-0.05, 0) is 47.0 Å². The fourth-order valence-corrected chi connectivity index (χ4v) is 4.15. The highest BCUT2D eigenvalue weighted by molar-refractivity contribution is 7.08. The van der Waals surface area contributed by atoms with E-state index in [4.69, 9.17) is 5.41 Å². The standard InChI is InChI=1S/C19H20N4OS/c1-19(9-17(24)23(3)18(20)21-19)13-4-5-16-14(8-13)15(10-22(16)2)12-6-7-25-11-12/h4-8,10-11H,9H2,1-3H3,(H2,20,21)/t19-/m0/s1. The maximum absolute atomic E-state index is 12.3. The Labute approximate surface area is 150 Å². The molecule has 0 unspecified atom stereocenters. The molecule has 1 aliphatic rings. The van der Waals surface area contributed by atoms with Crippen LogP contribution in [0.15, 0.2) is 41.2 Å². The number of thiophene rings is 1. The van der Waals surface area contributed by atoms with Crippen LogP contribution in [0, 0.1) is 5.41 Å². The number of nitrogens with zero attached hydrogens (tertiary/aromatic N) is 2. The Hall–Kier alpha value is -2.60. The largest absolute Gasteiger partial charge is 0.350 e. The molecule has 1 aliphatic heterocycles. The van der Waals surface area contributed by atoms with Gasteiger partial charge in [0.2, 0.25) is 5.91 Å². The van der Waals surface area contributed by atoms with Gasteiger partial charge in [0, 0.05) is 36.8 Å². The highest BCUT2D eigenvalue weighted by atomic mass is 32.1. The van der Waals surface area contributed by atoms with E-state index < -0.39 is 5.54 Å². The van der Waals surface area contributed by atoms with Gasteiger partial charge in [0.1, 0.15) is 0 Å². The number of hydrogen-bond donors (Lipinski definition) is 2. The number of aryl methyl sites for hydroxylation is 1. The molecule has 128 valence electrons. The maximum Gasteiger partial charge on any atom is 0.231 e. The number of fused-ring (bicyclic) bond motifs is 1. The molecule has 1 fully saturated rings. The molecule has 3 heterocycles. The molecule has 1 saturated heterocycles. The first-order chi connectivity index (χ1) is 11.9. The van der Waals surface area contributed by atoms with Crippen molar-refractivity contribution in [2.45, 2.75) is 18.9 Å². The zero-order chi connectivity index (χ0) is 17.8. The second kappa shape index (κ2) is 5.46. The van der Waals surface area contributed by atoms with E-state index in [1.54, 1.807) is 18.4 Å². The van der Waals surface area contributed by atoms with E-state index in [0.717, 1.165) is 11.1 Å². The molecule has 0 aliphatic carbocycles. The highest BCUT2D eigenvalue weighted by Crippen LogP contribution is 2.36. The molecule has 25 heavy (non-hydrogen) atoms. The Morgan fingerprint density at radius 2 is 2.08 bits per heavy atom. The van der Waals surface area contributed by atoms with Crippen molar-refractivity contribution >= 4 is 34.1 Å². The van der Waals surface area contributed by atoms with Crippen LogP contribution in [0.3, 0.4) is 0 Å². The minimum Gasteiger partial charge on any atom is -0.350 e. The predicted molar refractivity (Wildman–Crippen MR) is 102 cm³/mol. The summed E-state index contributed by atoms with van der Waals surface area (Å²) >= 11 is 1.68. The first-order valence-electron chi connectivity index (χ1n) is 8.14. The fourth-order valence-electron chi connectivity index (χ4n) is 3.49. The van der Waals surface area contributed by atoms with Crippen LogP contribution in [-0.4, -0.2) is 28.4 Å². The normalized spacial score (nSPS) is 21.0. The number of hydrogen-bond acceptors (Lipinski definition) is 3. The molecule has 1 aromatic carbocycles. The number of carbonyl (C=O) groups excluding carboxylic acids is 1. The van der Waals surface area contributed by atoms with E-state index in [9.17, 15) is 4.79 Å². The zero-order valence-corrected chi connectivity index (χ0v) is 15.3. The van der Waals surface area contributed by atoms with Crippen molar-refractivity contribution in [1.82, 2.24) is 14.8 Å². The monoisotopic (exact) mass is 352 g/mol. The first kappa shape index (κ1) is 15.9. The van der Waals surface area contributed by atoms with Crippen molar-refractivity contribution in [3.63, 3.8) is 0 Å². The van der Waals surface area contributed by atoms with Crippen molar-refractivity contribution < 1.29 is 4.79 Å². The average molecular weight is 352 g/mol. The second-order valence-electron chi connectivity index (χ2n) is 6.83. The number of benzene rings is 1. The molecule has 0 spiro atoms. The van der Waals surface area contributed by atoms with E-state index in [1.165, 1.54) is 21.4 Å². The van der Waals surface area contributed by atoms with Gasteiger partial charge in [-0.2, -0.15) is 11.3 Å². The lowest BCUT2D eigenvalue weighted by molar-refractivity contribution is -0.129. The molecular weight excluding hydrogens is 332 g/mol. The Kier molecular flexibility index (Phi) is 3.47. The third-order valence-electron chi connectivity index (χ3n) is 5.07. The third-order valence-corrected chi connectivity index (χ3v) is 5.75. The Bertz CT molecular complexity index is 968. The second-order valence-corrected chi connectivity index (χ2v) is 7.61. The average Bonchev–Trinajstić information content (AvgIpc) is 3.20. The van der Waals surface area contributed by atoms with Gasteiger partial charge in [0.05, 0.1) is 12.0 Å². The minimum atomic E-state index is -0.573. The van der Waals surface area contributed by atoms with Crippen LogP contribution in [0.25, 0.3) is 22.0 Å². The summed E-state index contributed by atoms with van der Waals surface area (Å²) in [6, 6.07) is 8.43. The van der Waals surface area contributed by atoms with Crippen molar-refractivity contribution in [2.24, 2.45) is 7.05 Å². The van der Waals surface area contributed by atoms with E-state index >= 15 is 0 Å². The van der Waals surface area contributed by atoms with Crippen LogP contribution in [0.4, 0.5) is 0 Å². The molecule has 3 aromatic rings. The summed E-state index contributed by atoms with van der Waals surface area (Å²) in [5, 5.41) is 16.6. The summed E-state index contributed by atoms with van der Waals surface area (Å²) in [4.78, 5) is 13.6. The first-order valence-corrected chi connectivity index (χ1v) is 9.09. The van der Waals surface area contributed by atoms with E-state index in [1.807, 2.05) is 14.0 Å². The molecule has 2 aromatic heterocycles. The number of guanidine groups is 1. The lowest BCUT2D eigenvalue weighted by atomic mass is 9.85. The molecule has 0 radical (unpaired) electrons. The van der Waals surface area contributed by atoms with Gasteiger partial charge in [-0.15, -0.1) is 0 Å². The van der Waals surface area contributed by atoms with Gasteiger partial charge in [-0.1, -0.05) is 6.07 Å². The maximum atomic E-state index is 12.3. The summed E-state index contributed by atoms with van der Waals surface area (Å²) in [5.74, 6) is 0.0995. The summed E-state index contributed by atoms with van der Waals surface area (Å²) in [7, 11) is 3.68. The minimum absolute atomic E-state index is 0.0440. The molecule has 0 bridgehead atoms.